The van der Waals surface area contributed by atoms with Crippen LogP contribution in [0.25, 0.3) is 0 Å². The maximum absolute atomic E-state index is 12.2. The van der Waals surface area contributed by atoms with Crippen LogP contribution in [0.2, 0.25) is 0 Å². The topological polar surface area (TPSA) is 9.23 Å². The van der Waals surface area contributed by atoms with Crippen LogP contribution in [-0.4, -0.2) is 0 Å². The number of benzene rings is 1. The van der Waals surface area contributed by atoms with Crippen LogP contribution in [0.4, 0.5) is 4.39 Å². The average Bonchev–Trinajstić information content (AvgIpc) is 1.90. The smallest absolute Gasteiger partial charge is 1.00 e. The third-order valence-corrected chi connectivity index (χ3v) is 1.51. The van der Waals surface area contributed by atoms with Gasteiger partial charge in [0.25, 0.3) is 0 Å². The van der Waals surface area contributed by atoms with Gasteiger partial charge in [0.1, 0.15) is 0 Å². The van der Waals surface area contributed by atoms with E-state index in [9.17, 15) is 4.39 Å². The van der Waals surface area contributed by atoms with E-state index >= 15 is 0 Å². The van der Waals surface area contributed by atoms with E-state index in [1.165, 1.54) is 12.1 Å². The molecule has 0 aliphatic heterocycles. The van der Waals surface area contributed by atoms with E-state index in [4.69, 9.17) is 2.81 Å². The van der Waals surface area contributed by atoms with Gasteiger partial charge in [-0.05, 0) is 0 Å². The summed E-state index contributed by atoms with van der Waals surface area (Å²) < 4.78 is 17.1. The van der Waals surface area contributed by atoms with Gasteiger partial charge in [-0.3, -0.25) is 0 Å². The van der Waals surface area contributed by atoms with Crippen LogP contribution in [-0.2, 0) is 25.2 Å². The van der Waals surface area contributed by atoms with Gasteiger partial charge in [-0.2, -0.15) is 0 Å². The first-order valence-electron chi connectivity index (χ1n) is 2.42. The number of hydrogen-bond donors (Lipinski definition) is 0. The van der Waals surface area contributed by atoms with Crippen molar-refractivity contribution in [2.24, 2.45) is 0 Å². The van der Waals surface area contributed by atoms with Crippen molar-refractivity contribution in [2.45, 2.75) is 0 Å². The molecular weight excluding hydrogens is 269 g/mol. The molecule has 0 amide bonds. The molecule has 0 radical (unpaired) electrons. The Bertz CT molecular complexity index is 192. The molecule has 0 saturated carbocycles. The van der Waals surface area contributed by atoms with Crippen LogP contribution < -0.4 is 27.6 Å². The Hall–Kier alpha value is 0.413. The second-order valence-electron chi connectivity index (χ2n) is 1.56. The summed E-state index contributed by atoms with van der Waals surface area (Å²) >= 11 is 0.968. The van der Waals surface area contributed by atoms with Crippen molar-refractivity contribution in [1.29, 1.82) is 0 Å². The van der Waals surface area contributed by atoms with Crippen LogP contribution in [0.3, 0.4) is 0 Å². The van der Waals surface area contributed by atoms with Crippen LogP contribution >= 0.6 is 0 Å². The molecule has 0 aromatic heterocycles. The third-order valence-electron chi connectivity index (χ3n) is 0.931. The minimum atomic E-state index is -0.230. The van der Waals surface area contributed by atoms with Gasteiger partial charge < -0.3 is 24.8 Å². The predicted molar refractivity (Wildman–Crippen MR) is 27.0 cm³/mol. The minimum Gasteiger partial charge on any atom is -1.00 e. The van der Waals surface area contributed by atoms with E-state index in [1.54, 1.807) is 12.1 Å². The van der Waals surface area contributed by atoms with E-state index in [2.05, 4.69) is 0 Å². The standard InChI is InChI=1S/C6H5FO.2ClH.Zr/c7-5-1-3-6(8)4-2-5;;;/h1-4,8H;2*1H;/q;;;+3/p-3. The maximum Gasteiger partial charge on any atom is -1.00 e. The first-order chi connectivity index (χ1) is 4.33. The quantitative estimate of drug-likeness (QED) is 0.503. The number of hydrogen-bond acceptors (Lipinski definition) is 1. The summed E-state index contributed by atoms with van der Waals surface area (Å²) in [6, 6.07) is 5.95. The average molecular weight is 273 g/mol. The fraction of sp³-hybridized carbons (Fsp3) is 0. The molecule has 0 atom stereocenters. The molecule has 1 rings (SSSR count). The zero-order valence-corrected chi connectivity index (χ0v) is 9.32. The van der Waals surface area contributed by atoms with Crippen LogP contribution in [0.5, 0.6) is 5.75 Å². The van der Waals surface area contributed by atoms with Gasteiger partial charge in [0.15, 0.2) is 0 Å². The van der Waals surface area contributed by atoms with E-state index in [0.29, 0.717) is 0 Å². The Morgan fingerprint density at radius 3 is 1.91 bits per heavy atom. The molecular formula is C6H4Cl2FOZr. The Labute approximate surface area is 92.6 Å². The molecule has 1 aromatic carbocycles. The van der Waals surface area contributed by atoms with Crippen molar-refractivity contribution < 1.29 is 57.2 Å². The van der Waals surface area contributed by atoms with Crippen molar-refractivity contribution in [3.63, 3.8) is 0 Å². The van der Waals surface area contributed by atoms with E-state index in [0.717, 1.165) is 30.9 Å². The molecule has 0 N–H and O–H groups in total. The van der Waals surface area contributed by atoms with Crippen LogP contribution in [0.1, 0.15) is 0 Å². The molecule has 1 aromatic rings. The molecule has 0 aliphatic rings. The van der Waals surface area contributed by atoms with Crippen LogP contribution in [0, 0.1) is 5.82 Å². The molecule has 59 valence electrons. The van der Waals surface area contributed by atoms with Gasteiger partial charge in [-0.15, -0.1) is 0 Å². The Kier molecular flexibility index (Phi) is 8.99. The van der Waals surface area contributed by atoms with E-state index in [-0.39, 0.29) is 30.6 Å². The first kappa shape index (κ1) is 14.0. The second kappa shape index (κ2) is 7.08. The summed E-state index contributed by atoms with van der Waals surface area (Å²) in [5.74, 6) is 0.487. The fourth-order valence-corrected chi connectivity index (χ4v) is 0.837. The Balaban J connectivity index is 0. The largest absolute Gasteiger partial charge is 1.00 e. The molecule has 0 aliphatic carbocycles. The molecule has 11 heavy (non-hydrogen) atoms. The summed E-state index contributed by atoms with van der Waals surface area (Å²) in [7, 11) is 0. The number of rotatable bonds is 1. The van der Waals surface area contributed by atoms with Gasteiger partial charge in [-0.25, -0.2) is 0 Å². The van der Waals surface area contributed by atoms with Crippen molar-refractivity contribution in [2.75, 3.05) is 0 Å². The zero-order chi connectivity index (χ0) is 6.69. The summed E-state index contributed by atoms with van der Waals surface area (Å²) in [6.45, 7) is 0. The fourth-order valence-electron chi connectivity index (χ4n) is 0.503. The normalized spacial score (nSPS) is 7.55. The summed E-state index contributed by atoms with van der Waals surface area (Å²) in [5, 5.41) is 0. The van der Waals surface area contributed by atoms with Crippen LogP contribution in [0.15, 0.2) is 24.3 Å². The summed E-state index contributed by atoms with van der Waals surface area (Å²) in [6.07, 6.45) is 0. The summed E-state index contributed by atoms with van der Waals surface area (Å²) in [5.41, 5.74) is 0. The van der Waals surface area contributed by atoms with Gasteiger partial charge in [-0.1, -0.05) is 0 Å². The molecule has 0 saturated heterocycles. The van der Waals surface area contributed by atoms with Crippen molar-refractivity contribution in [3.05, 3.63) is 30.1 Å². The summed E-state index contributed by atoms with van der Waals surface area (Å²) in [4.78, 5) is 0. The zero-order valence-electron chi connectivity index (χ0n) is 5.35. The monoisotopic (exact) mass is 271 g/mol. The third kappa shape index (κ3) is 4.78. The van der Waals surface area contributed by atoms with Gasteiger partial charge in [0, 0.05) is 0 Å². The maximum atomic E-state index is 12.2. The van der Waals surface area contributed by atoms with Crippen molar-refractivity contribution >= 4 is 0 Å². The van der Waals surface area contributed by atoms with Gasteiger partial charge in [0.05, 0.1) is 0 Å². The molecule has 0 heterocycles. The van der Waals surface area contributed by atoms with Gasteiger partial charge >= 0.3 is 68.2 Å². The second-order valence-corrected chi connectivity index (χ2v) is 2.06. The molecule has 5 heteroatoms. The Morgan fingerprint density at radius 1 is 1.09 bits per heavy atom. The molecule has 0 spiro atoms. The van der Waals surface area contributed by atoms with Crippen molar-refractivity contribution in [1.82, 2.24) is 0 Å². The number of halogens is 3. The molecule has 1 nitrogen and oxygen atoms in total. The van der Waals surface area contributed by atoms with E-state index < -0.39 is 0 Å². The van der Waals surface area contributed by atoms with E-state index in [1.807, 2.05) is 0 Å². The molecule has 0 bridgehead atoms. The first-order valence-corrected chi connectivity index (χ1v) is 3.42. The minimum absolute atomic E-state index is 0. The van der Waals surface area contributed by atoms with Gasteiger partial charge in [0.2, 0.25) is 0 Å². The van der Waals surface area contributed by atoms with Crippen molar-refractivity contribution in [3.8, 4) is 5.75 Å². The predicted octanol–water partition coefficient (Wildman–Crippen LogP) is -4.33. The Morgan fingerprint density at radius 2 is 1.55 bits per heavy atom. The SMILES string of the molecule is Fc1ccc([O][Zr+2])cc1.[Cl-].[Cl-]. The molecule has 0 unspecified atom stereocenters. The molecule has 0 fully saturated rings.